The van der Waals surface area contributed by atoms with Crippen LogP contribution in [0.3, 0.4) is 0 Å². The third-order valence-corrected chi connectivity index (χ3v) is 3.25. The number of amidine groups is 1. The van der Waals surface area contributed by atoms with Crippen LogP contribution in [0.15, 0.2) is 23.5 Å². The predicted molar refractivity (Wildman–Crippen MR) is 71.5 cm³/mol. The molecule has 6 nitrogen and oxygen atoms in total. The van der Waals surface area contributed by atoms with E-state index in [9.17, 15) is 13.2 Å². The van der Waals surface area contributed by atoms with Crippen molar-refractivity contribution in [2.24, 2.45) is 10.9 Å². The third-order valence-electron chi connectivity index (χ3n) is 3.25. The van der Waals surface area contributed by atoms with Crippen LogP contribution < -0.4 is 10.6 Å². The fraction of sp³-hybridized carbons (Fsp3) is 0.500. The van der Waals surface area contributed by atoms with Crippen molar-refractivity contribution in [1.82, 2.24) is 9.88 Å². The number of nitrogens with two attached hydrogens (primary N) is 1. The molecular formula is C12H16F3N5O. The monoisotopic (exact) mass is 303 g/mol. The van der Waals surface area contributed by atoms with Crippen molar-refractivity contribution in [1.29, 1.82) is 0 Å². The van der Waals surface area contributed by atoms with E-state index in [-0.39, 0.29) is 18.9 Å². The average molecular weight is 303 g/mol. The molecule has 1 aliphatic rings. The second-order valence-corrected chi connectivity index (χ2v) is 4.74. The second-order valence-electron chi connectivity index (χ2n) is 4.74. The lowest BCUT2D eigenvalue weighted by molar-refractivity contribution is -0.146. The Labute approximate surface area is 119 Å². The van der Waals surface area contributed by atoms with Gasteiger partial charge in [0, 0.05) is 32.4 Å². The second kappa shape index (κ2) is 6.17. The number of hydrogen-bond acceptors (Lipinski definition) is 5. The number of alkyl halides is 3. The van der Waals surface area contributed by atoms with Crippen LogP contribution in [0.1, 0.15) is 5.56 Å². The molecule has 0 unspecified atom stereocenters. The van der Waals surface area contributed by atoms with E-state index in [1.807, 2.05) is 4.90 Å². The van der Waals surface area contributed by atoms with Gasteiger partial charge in [-0.2, -0.15) is 13.2 Å². The number of aromatic nitrogens is 1. The SMILES string of the molecule is NC(=NO)c1cccnc1N1CCN(CC(F)(F)F)CC1. The van der Waals surface area contributed by atoms with Gasteiger partial charge in [0.1, 0.15) is 5.82 Å². The smallest absolute Gasteiger partial charge is 0.401 e. The lowest BCUT2D eigenvalue weighted by Crippen LogP contribution is -2.49. The van der Waals surface area contributed by atoms with Gasteiger partial charge in [0.2, 0.25) is 0 Å². The normalized spacial score (nSPS) is 18.0. The maximum absolute atomic E-state index is 12.3. The topological polar surface area (TPSA) is 78.0 Å². The summed E-state index contributed by atoms with van der Waals surface area (Å²) in [4.78, 5) is 7.37. The van der Waals surface area contributed by atoms with Crippen LogP contribution >= 0.6 is 0 Å². The van der Waals surface area contributed by atoms with Gasteiger partial charge in [-0.25, -0.2) is 4.98 Å². The molecular weight excluding hydrogens is 287 g/mol. The molecule has 2 rings (SSSR count). The van der Waals surface area contributed by atoms with Gasteiger partial charge in [-0.1, -0.05) is 5.16 Å². The first-order valence-electron chi connectivity index (χ1n) is 6.37. The van der Waals surface area contributed by atoms with Gasteiger partial charge in [0.15, 0.2) is 5.84 Å². The summed E-state index contributed by atoms with van der Waals surface area (Å²) in [5, 5.41) is 11.7. The van der Waals surface area contributed by atoms with Crippen LogP contribution in [-0.2, 0) is 0 Å². The molecule has 21 heavy (non-hydrogen) atoms. The van der Waals surface area contributed by atoms with E-state index in [2.05, 4.69) is 10.1 Å². The van der Waals surface area contributed by atoms with E-state index >= 15 is 0 Å². The Bertz CT molecular complexity index is 512. The van der Waals surface area contributed by atoms with Gasteiger partial charge in [-0.3, -0.25) is 4.90 Å². The summed E-state index contributed by atoms with van der Waals surface area (Å²) in [5.74, 6) is 0.440. The number of halogens is 3. The van der Waals surface area contributed by atoms with Gasteiger partial charge in [0.25, 0.3) is 0 Å². The van der Waals surface area contributed by atoms with Crippen LogP contribution in [0.4, 0.5) is 19.0 Å². The molecule has 1 aliphatic heterocycles. The van der Waals surface area contributed by atoms with Crippen molar-refractivity contribution in [3.05, 3.63) is 23.9 Å². The first kappa shape index (κ1) is 15.4. The van der Waals surface area contributed by atoms with Crippen molar-refractivity contribution in [3.63, 3.8) is 0 Å². The molecule has 0 bridgehead atoms. The zero-order chi connectivity index (χ0) is 15.5. The summed E-state index contributed by atoms with van der Waals surface area (Å²) in [6.45, 7) is 0.463. The quantitative estimate of drug-likeness (QED) is 0.375. The Morgan fingerprint density at radius 3 is 2.57 bits per heavy atom. The van der Waals surface area contributed by atoms with Gasteiger partial charge >= 0.3 is 6.18 Å². The van der Waals surface area contributed by atoms with Crippen molar-refractivity contribution in [3.8, 4) is 0 Å². The molecule has 9 heteroatoms. The fourth-order valence-electron chi connectivity index (χ4n) is 2.27. The van der Waals surface area contributed by atoms with E-state index in [0.717, 1.165) is 0 Å². The Kier molecular flexibility index (Phi) is 4.51. The number of nitrogens with zero attached hydrogens (tertiary/aromatic N) is 4. The van der Waals surface area contributed by atoms with Crippen LogP contribution in [0, 0.1) is 0 Å². The molecule has 0 atom stereocenters. The van der Waals surface area contributed by atoms with Crippen molar-refractivity contribution >= 4 is 11.7 Å². The molecule has 0 spiro atoms. The van der Waals surface area contributed by atoms with Crippen molar-refractivity contribution in [2.45, 2.75) is 6.18 Å². The minimum atomic E-state index is -4.19. The van der Waals surface area contributed by atoms with Crippen LogP contribution in [0.2, 0.25) is 0 Å². The number of piperazine rings is 1. The summed E-state index contributed by atoms with van der Waals surface area (Å²) in [6.07, 6.45) is -2.63. The van der Waals surface area contributed by atoms with Gasteiger partial charge in [-0.05, 0) is 12.1 Å². The highest BCUT2D eigenvalue weighted by Gasteiger charge is 2.32. The van der Waals surface area contributed by atoms with Crippen LogP contribution in [-0.4, -0.2) is 59.8 Å². The highest BCUT2D eigenvalue weighted by atomic mass is 19.4. The average Bonchev–Trinajstić information content (AvgIpc) is 2.45. The van der Waals surface area contributed by atoms with Crippen LogP contribution in [0.5, 0.6) is 0 Å². The minimum Gasteiger partial charge on any atom is -0.409 e. The largest absolute Gasteiger partial charge is 0.409 e. The van der Waals surface area contributed by atoms with Crippen molar-refractivity contribution < 1.29 is 18.4 Å². The fourth-order valence-corrected chi connectivity index (χ4v) is 2.27. The zero-order valence-electron chi connectivity index (χ0n) is 11.2. The number of rotatable bonds is 3. The maximum Gasteiger partial charge on any atom is 0.401 e. The van der Waals surface area contributed by atoms with Crippen molar-refractivity contribution in [2.75, 3.05) is 37.6 Å². The number of oxime groups is 1. The highest BCUT2D eigenvalue weighted by Crippen LogP contribution is 2.21. The zero-order valence-corrected chi connectivity index (χ0v) is 11.2. The highest BCUT2D eigenvalue weighted by molar-refractivity contribution is 6.01. The van der Waals surface area contributed by atoms with Gasteiger partial charge in [0.05, 0.1) is 12.1 Å². The van der Waals surface area contributed by atoms with Gasteiger partial charge < -0.3 is 15.8 Å². The number of anilines is 1. The maximum atomic E-state index is 12.3. The Balaban J connectivity index is 2.06. The first-order valence-corrected chi connectivity index (χ1v) is 6.37. The molecule has 0 saturated carbocycles. The lowest BCUT2D eigenvalue weighted by Gasteiger charge is -2.36. The first-order chi connectivity index (χ1) is 9.90. The third kappa shape index (κ3) is 3.97. The Morgan fingerprint density at radius 1 is 1.33 bits per heavy atom. The molecule has 1 aromatic rings. The Morgan fingerprint density at radius 2 is 2.00 bits per heavy atom. The molecule has 0 aliphatic carbocycles. The predicted octanol–water partition coefficient (Wildman–Crippen LogP) is 0.860. The van der Waals surface area contributed by atoms with Crippen LogP contribution in [0.25, 0.3) is 0 Å². The lowest BCUT2D eigenvalue weighted by atomic mass is 10.2. The van der Waals surface area contributed by atoms with E-state index in [1.165, 1.54) is 4.90 Å². The Hall–Kier alpha value is -2.03. The number of hydrogen-bond donors (Lipinski definition) is 2. The molecule has 3 N–H and O–H groups in total. The van der Waals surface area contributed by atoms with E-state index < -0.39 is 12.7 Å². The van der Waals surface area contributed by atoms with E-state index in [4.69, 9.17) is 10.9 Å². The summed E-state index contributed by atoms with van der Waals surface area (Å²) in [5.41, 5.74) is 6.05. The molecule has 2 heterocycles. The van der Waals surface area contributed by atoms with Gasteiger partial charge in [-0.15, -0.1) is 0 Å². The van der Waals surface area contributed by atoms with E-state index in [0.29, 0.717) is 24.5 Å². The number of pyridine rings is 1. The minimum absolute atomic E-state index is 0.0733. The summed E-state index contributed by atoms with van der Waals surface area (Å²) in [7, 11) is 0. The molecule has 116 valence electrons. The van der Waals surface area contributed by atoms with E-state index in [1.54, 1.807) is 18.3 Å². The molecule has 0 aromatic carbocycles. The molecule has 1 saturated heterocycles. The molecule has 0 amide bonds. The molecule has 1 fully saturated rings. The summed E-state index contributed by atoms with van der Waals surface area (Å²) < 4.78 is 37.0. The standard InChI is InChI=1S/C12H16F3N5O/c13-12(14,15)8-19-4-6-20(7-5-19)11-9(10(16)18-21)2-1-3-17-11/h1-3,21H,4-8H2,(H2,16,18). The molecule has 0 radical (unpaired) electrons. The molecule has 1 aromatic heterocycles. The summed E-state index contributed by atoms with van der Waals surface area (Å²) in [6, 6.07) is 3.30. The summed E-state index contributed by atoms with van der Waals surface area (Å²) >= 11 is 0.